The molecule has 1 fully saturated rings. The van der Waals surface area contributed by atoms with Crippen molar-refractivity contribution in [1.82, 2.24) is 19.4 Å². The maximum absolute atomic E-state index is 6.18. The number of likely N-dealkylation sites (N-methyl/N-ethyl adjacent to an activating group) is 1. The van der Waals surface area contributed by atoms with Crippen LogP contribution in [-0.2, 0) is 13.1 Å². The zero-order chi connectivity index (χ0) is 19.3. The Morgan fingerprint density at radius 2 is 1.75 bits per heavy atom. The molecule has 3 aromatic rings. The van der Waals surface area contributed by atoms with Crippen LogP contribution in [0.2, 0.25) is 5.02 Å². The van der Waals surface area contributed by atoms with E-state index in [1.807, 2.05) is 24.3 Å². The molecule has 0 unspecified atom stereocenters. The highest BCUT2D eigenvalue weighted by atomic mass is 35.5. The quantitative estimate of drug-likeness (QED) is 0.565. The molecule has 0 atom stereocenters. The molecule has 0 aliphatic carbocycles. The lowest BCUT2D eigenvalue weighted by Gasteiger charge is -2.32. The number of ether oxygens (including phenoxy) is 1. The van der Waals surface area contributed by atoms with Gasteiger partial charge in [-0.15, -0.1) is 0 Å². The number of imidazole rings is 1. The lowest BCUT2D eigenvalue weighted by atomic mass is 10.3. The largest absolute Gasteiger partial charge is 0.492 e. The second-order valence-corrected chi connectivity index (χ2v) is 7.79. The lowest BCUT2D eigenvalue weighted by Crippen LogP contribution is -2.44. The Kier molecular flexibility index (Phi) is 6.15. The summed E-state index contributed by atoms with van der Waals surface area (Å²) in [6.45, 7) is 6.83. The lowest BCUT2D eigenvalue weighted by molar-refractivity contribution is 0.144. The first kappa shape index (κ1) is 19.2. The summed E-state index contributed by atoms with van der Waals surface area (Å²) in [5.74, 6) is 1.89. The summed E-state index contributed by atoms with van der Waals surface area (Å²) in [7, 11) is 2.19. The van der Waals surface area contributed by atoms with Crippen molar-refractivity contribution in [3.05, 3.63) is 59.4 Å². The van der Waals surface area contributed by atoms with E-state index in [-0.39, 0.29) is 0 Å². The highest BCUT2D eigenvalue weighted by Crippen LogP contribution is 2.23. The van der Waals surface area contributed by atoms with E-state index in [9.17, 15) is 0 Å². The molecule has 5 nitrogen and oxygen atoms in total. The van der Waals surface area contributed by atoms with E-state index in [2.05, 4.69) is 45.7 Å². The first-order chi connectivity index (χ1) is 13.7. The first-order valence-corrected chi connectivity index (χ1v) is 10.3. The van der Waals surface area contributed by atoms with Gasteiger partial charge in [0.2, 0.25) is 0 Å². The van der Waals surface area contributed by atoms with E-state index in [0.717, 1.165) is 62.8 Å². The maximum atomic E-state index is 6.18. The first-order valence-electron chi connectivity index (χ1n) is 9.93. The number of hydrogen-bond acceptors (Lipinski definition) is 4. The molecule has 4 rings (SSSR count). The Morgan fingerprint density at radius 1 is 1.00 bits per heavy atom. The number of piperazine rings is 1. The van der Waals surface area contributed by atoms with Crippen LogP contribution in [0.15, 0.2) is 48.5 Å². The number of rotatable bonds is 7. The van der Waals surface area contributed by atoms with Crippen molar-refractivity contribution in [3.63, 3.8) is 0 Å². The molecular formula is C22H27ClN4O. The van der Waals surface area contributed by atoms with Crippen molar-refractivity contribution in [2.75, 3.05) is 39.8 Å². The van der Waals surface area contributed by atoms with Crippen LogP contribution in [0.5, 0.6) is 5.75 Å². The minimum Gasteiger partial charge on any atom is -0.492 e. The van der Waals surface area contributed by atoms with Crippen LogP contribution in [0.25, 0.3) is 11.0 Å². The predicted molar refractivity (Wildman–Crippen MR) is 114 cm³/mol. The molecule has 0 radical (unpaired) electrons. The summed E-state index contributed by atoms with van der Waals surface area (Å²) in [4.78, 5) is 9.80. The normalized spacial score (nSPS) is 15.9. The Balaban J connectivity index is 1.43. The van der Waals surface area contributed by atoms with E-state index < -0.39 is 0 Å². The molecule has 2 aromatic carbocycles. The number of benzene rings is 2. The van der Waals surface area contributed by atoms with Crippen LogP contribution < -0.4 is 4.74 Å². The van der Waals surface area contributed by atoms with E-state index in [4.69, 9.17) is 21.3 Å². The number of fused-ring (bicyclic) bond motifs is 1. The molecule has 1 saturated heterocycles. The van der Waals surface area contributed by atoms with Gasteiger partial charge in [-0.3, -0.25) is 4.90 Å². The van der Waals surface area contributed by atoms with Crippen molar-refractivity contribution in [1.29, 1.82) is 0 Å². The Hall–Kier alpha value is -2.08. The minimum atomic E-state index is 0.629. The summed E-state index contributed by atoms with van der Waals surface area (Å²) in [5.41, 5.74) is 2.27. The van der Waals surface area contributed by atoms with Crippen LogP contribution in [0.1, 0.15) is 12.2 Å². The van der Waals surface area contributed by atoms with Gasteiger partial charge in [0.25, 0.3) is 0 Å². The Labute approximate surface area is 171 Å². The second-order valence-electron chi connectivity index (χ2n) is 7.38. The highest BCUT2D eigenvalue weighted by molar-refractivity contribution is 6.32. The Morgan fingerprint density at radius 3 is 2.57 bits per heavy atom. The summed E-state index contributed by atoms with van der Waals surface area (Å²) in [5, 5.41) is 0.659. The molecule has 0 amide bonds. The topological polar surface area (TPSA) is 33.5 Å². The average Bonchev–Trinajstić information content (AvgIpc) is 3.05. The van der Waals surface area contributed by atoms with Gasteiger partial charge in [0.15, 0.2) is 0 Å². The molecule has 148 valence electrons. The van der Waals surface area contributed by atoms with Crippen molar-refractivity contribution in [3.8, 4) is 5.75 Å². The van der Waals surface area contributed by atoms with Crippen LogP contribution in [0, 0.1) is 0 Å². The zero-order valence-corrected chi connectivity index (χ0v) is 17.1. The molecule has 0 bridgehead atoms. The predicted octanol–water partition coefficient (Wildman–Crippen LogP) is 3.91. The van der Waals surface area contributed by atoms with Gasteiger partial charge in [-0.25, -0.2) is 4.98 Å². The van der Waals surface area contributed by atoms with Crippen molar-refractivity contribution >= 4 is 22.6 Å². The van der Waals surface area contributed by atoms with Crippen LogP contribution in [-0.4, -0.2) is 59.2 Å². The molecule has 0 N–H and O–H groups in total. The summed E-state index contributed by atoms with van der Waals surface area (Å²) < 4.78 is 8.22. The number of aryl methyl sites for hydroxylation is 1. The third-order valence-electron chi connectivity index (χ3n) is 5.31. The molecule has 0 saturated carbocycles. The molecular weight excluding hydrogens is 372 g/mol. The minimum absolute atomic E-state index is 0.629. The zero-order valence-electron chi connectivity index (χ0n) is 16.4. The summed E-state index contributed by atoms with van der Waals surface area (Å²) >= 11 is 6.18. The number of hydrogen-bond donors (Lipinski definition) is 0. The summed E-state index contributed by atoms with van der Waals surface area (Å²) in [6, 6.07) is 16.0. The van der Waals surface area contributed by atoms with Crippen LogP contribution >= 0.6 is 11.6 Å². The second kappa shape index (κ2) is 8.95. The van der Waals surface area contributed by atoms with Gasteiger partial charge in [0.1, 0.15) is 11.6 Å². The monoisotopic (exact) mass is 398 g/mol. The fourth-order valence-electron chi connectivity index (χ4n) is 3.67. The molecule has 2 heterocycles. The van der Waals surface area contributed by atoms with Crippen molar-refractivity contribution in [2.45, 2.75) is 19.5 Å². The van der Waals surface area contributed by atoms with E-state index in [1.54, 1.807) is 0 Å². The fourth-order valence-corrected chi connectivity index (χ4v) is 3.86. The molecule has 28 heavy (non-hydrogen) atoms. The smallest absolute Gasteiger partial charge is 0.137 e. The molecule has 1 aliphatic heterocycles. The third kappa shape index (κ3) is 4.49. The third-order valence-corrected chi connectivity index (χ3v) is 5.63. The number of nitrogens with zero attached hydrogens (tertiary/aromatic N) is 4. The van der Waals surface area contributed by atoms with Gasteiger partial charge in [-0.2, -0.15) is 0 Å². The summed E-state index contributed by atoms with van der Waals surface area (Å²) in [6.07, 6.45) is 0.904. The number of aromatic nitrogens is 2. The van der Waals surface area contributed by atoms with E-state index in [1.165, 1.54) is 5.52 Å². The number of para-hydroxylation sites is 3. The van der Waals surface area contributed by atoms with Crippen molar-refractivity contribution in [2.24, 2.45) is 0 Å². The molecule has 1 aliphatic rings. The SMILES string of the molecule is CN1CCN(Cc2nc3ccccc3n2CCCOc2ccccc2Cl)CC1. The van der Waals surface area contributed by atoms with Gasteiger partial charge in [-0.1, -0.05) is 35.9 Å². The maximum Gasteiger partial charge on any atom is 0.137 e. The van der Waals surface area contributed by atoms with Gasteiger partial charge < -0.3 is 14.2 Å². The van der Waals surface area contributed by atoms with Gasteiger partial charge in [0, 0.05) is 32.7 Å². The van der Waals surface area contributed by atoms with Gasteiger partial charge >= 0.3 is 0 Å². The van der Waals surface area contributed by atoms with E-state index >= 15 is 0 Å². The van der Waals surface area contributed by atoms with Gasteiger partial charge in [0.05, 0.1) is 29.2 Å². The highest BCUT2D eigenvalue weighted by Gasteiger charge is 2.18. The van der Waals surface area contributed by atoms with Crippen molar-refractivity contribution < 1.29 is 4.74 Å². The van der Waals surface area contributed by atoms with Crippen LogP contribution in [0.4, 0.5) is 0 Å². The van der Waals surface area contributed by atoms with Crippen LogP contribution in [0.3, 0.4) is 0 Å². The average molecular weight is 399 g/mol. The van der Waals surface area contributed by atoms with Gasteiger partial charge in [-0.05, 0) is 37.7 Å². The number of halogens is 1. The van der Waals surface area contributed by atoms with E-state index in [0.29, 0.717) is 11.6 Å². The molecule has 1 aromatic heterocycles. The molecule has 0 spiro atoms. The fraction of sp³-hybridized carbons (Fsp3) is 0.409. The molecule has 6 heteroatoms. The Bertz CT molecular complexity index is 918. The standard InChI is InChI=1S/C22H27ClN4O/c1-25-12-14-26(15-13-25)17-22-24-19-8-3-4-9-20(19)27(22)11-6-16-28-21-10-5-2-7-18(21)23/h2-5,7-10H,6,11-17H2,1H3.